The smallest absolute Gasteiger partial charge is 0.120 e. The third-order valence-electron chi connectivity index (χ3n) is 3.51. The van der Waals surface area contributed by atoms with Crippen molar-refractivity contribution < 1.29 is 9.84 Å². The first-order chi connectivity index (χ1) is 10.7. The molecule has 0 aliphatic rings. The molecular formula is C20H24O2P-. The Bertz CT molecular complexity index is 720. The zero-order valence-corrected chi connectivity index (χ0v) is 15.6. The fraction of sp³-hybridized carbons (Fsp3) is 0.350. The van der Waals surface area contributed by atoms with Crippen molar-refractivity contribution >= 4 is 19.0 Å². The van der Waals surface area contributed by atoms with Gasteiger partial charge in [-0.15, -0.1) is 5.48 Å². The zero-order chi connectivity index (χ0) is 17.2. The summed E-state index contributed by atoms with van der Waals surface area (Å²) in [6.07, 6.45) is 0. The lowest BCUT2D eigenvalue weighted by molar-refractivity contribution is -0.207. The summed E-state index contributed by atoms with van der Waals surface area (Å²) in [7, 11) is 0.711. The Kier molecular flexibility index (Phi) is 5.29. The maximum Gasteiger partial charge on any atom is 0.120 e. The SMILES string of the molecule is Cc1cc(OC(C)(C)C)ccc1P=C([O-])c1c(C)cccc1C. The second kappa shape index (κ2) is 6.86. The first-order valence-corrected chi connectivity index (χ1v) is 8.69. The summed E-state index contributed by atoms with van der Waals surface area (Å²) in [4.78, 5) is 0. The Balaban J connectivity index is 2.36. The maximum absolute atomic E-state index is 12.7. The van der Waals surface area contributed by atoms with Crippen LogP contribution in [0.1, 0.15) is 43.0 Å². The quantitative estimate of drug-likeness (QED) is 0.801. The third-order valence-corrected chi connectivity index (χ3v) is 4.68. The molecule has 2 aromatic rings. The second-order valence-corrected chi connectivity index (χ2v) is 7.96. The average molecular weight is 327 g/mol. The van der Waals surface area contributed by atoms with E-state index in [1.165, 1.54) is 0 Å². The number of ether oxygens (including phenoxy) is 1. The number of benzene rings is 2. The molecular weight excluding hydrogens is 303 g/mol. The van der Waals surface area contributed by atoms with Crippen molar-refractivity contribution in [2.45, 2.75) is 47.1 Å². The van der Waals surface area contributed by atoms with Crippen molar-refractivity contribution in [3.05, 3.63) is 58.7 Å². The molecule has 2 nitrogen and oxygen atoms in total. The zero-order valence-electron chi connectivity index (χ0n) is 14.7. The van der Waals surface area contributed by atoms with E-state index >= 15 is 0 Å². The van der Waals surface area contributed by atoms with Crippen LogP contribution < -0.4 is 15.1 Å². The van der Waals surface area contributed by atoms with Crippen LogP contribution in [-0.4, -0.2) is 11.1 Å². The van der Waals surface area contributed by atoms with Gasteiger partial charge in [-0.1, -0.05) is 26.4 Å². The maximum atomic E-state index is 12.7. The molecule has 0 amide bonds. The number of aryl methyl sites for hydroxylation is 3. The van der Waals surface area contributed by atoms with Gasteiger partial charge in [-0.2, -0.15) is 0 Å². The van der Waals surface area contributed by atoms with Gasteiger partial charge in [0.25, 0.3) is 0 Å². The molecule has 23 heavy (non-hydrogen) atoms. The summed E-state index contributed by atoms with van der Waals surface area (Å²) in [5, 5.41) is 13.7. The molecule has 0 saturated heterocycles. The van der Waals surface area contributed by atoms with E-state index in [9.17, 15) is 5.11 Å². The van der Waals surface area contributed by atoms with Crippen LogP contribution in [0.4, 0.5) is 0 Å². The largest absolute Gasteiger partial charge is 0.823 e. The predicted octanol–water partition coefficient (Wildman–Crippen LogP) is 3.90. The molecule has 0 bridgehead atoms. The Morgan fingerprint density at radius 3 is 2.09 bits per heavy atom. The van der Waals surface area contributed by atoms with Crippen LogP contribution in [0.3, 0.4) is 0 Å². The highest BCUT2D eigenvalue weighted by Crippen LogP contribution is 2.21. The average Bonchev–Trinajstić information content (AvgIpc) is 2.40. The van der Waals surface area contributed by atoms with E-state index in [0.29, 0.717) is 8.20 Å². The molecule has 0 radical (unpaired) electrons. The highest BCUT2D eigenvalue weighted by atomic mass is 31.1. The van der Waals surface area contributed by atoms with Crippen LogP contribution in [0, 0.1) is 20.8 Å². The topological polar surface area (TPSA) is 32.3 Å². The van der Waals surface area contributed by atoms with Gasteiger partial charge in [0, 0.05) is 5.30 Å². The lowest BCUT2D eigenvalue weighted by atomic mass is 10.0. The van der Waals surface area contributed by atoms with E-state index in [1.54, 1.807) is 0 Å². The van der Waals surface area contributed by atoms with Crippen molar-refractivity contribution in [3.63, 3.8) is 0 Å². The molecule has 0 atom stereocenters. The molecule has 0 aliphatic carbocycles. The first kappa shape index (κ1) is 17.7. The summed E-state index contributed by atoms with van der Waals surface area (Å²) >= 11 is 0. The number of hydrogen-bond acceptors (Lipinski definition) is 2. The second-order valence-electron chi connectivity index (χ2n) is 6.85. The molecule has 122 valence electrons. The van der Waals surface area contributed by atoms with Crippen LogP contribution >= 0.6 is 8.20 Å². The summed E-state index contributed by atoms with van der Waals surface area (Å²) < 4.78 is 5.88. The summed E-state index contributed by atoms with van der Waals surface area (Å²) in [6, 6.07) is 11.9. The van der Waals surface area contributed by atoms with Crippen molar-refractivity contribution in [3.8, 4) is 5.75 Å². The Labute approximate surface area is 140 Å². The van der Waals surface area contributed by atoms with Gasteiger partial charge in [-0.05, 0) is 82.0 Å². The fourth-order valence-electron chi connectivity index (χ4n) is 2.49. The van der Waals surface area contributed by atoms with Gasteiger partial charge in [-0.25, -0.2) is 0 Å². The molecule has 0 aromatic heterocycles. The minimum Gasteiger partial charge on any atom is -0.823 e. The summed E-state index contributed by atoms with van der Waals surface area (Å²) in [6.45, 7) is 12.1. The van der Waals surface area contributed by atoms with Gasteiger partial charge in [-0.3, -0.25) is 0 Å². The van der Waals surface area contributed by atoms with Crippen LogP contribution in [0.25, 0.3) is 0 Å². The normalized spacial score (nSPS) is 12.4. The van der Waals surface area contributed by atoms with E-state index in [2.05, 4.69) is 0 Å². The van der Waals surface area contributed by atoms with E-state index in [-0.39, 0.29) is 11.1 Å². The van der Waals surface area contributed by atoms with Gasteiger partial charge in [0.2, 0.25) is 0 Å². The van der Waals surface area contributed by atoms with Crippen molar-refractivity contribution in [1.29, 1.82) is 0 Å². The van der Waals surface area contributed by atoms with Crippen LogP contribution in [-0.2, 0) is 0 Å². The van der Waals surface area contributed by atoms with Gasteiger partial charge < -0.3 is 9.84 Å². The fourth-order valence-corrected chi connectivity index (χ4v) is 3.56. The van der Waals surface area contributed by atoms with Gasteiger partial charge >= 0.3 is 0 Å². The Morgan fingerprint density at radius 1 is 0.957 bits per heavy atom. The minimum atomic E-state index is -0.222. The molecule has 0 aliphatic heterocycles. The van der Waals surface area contributed by atoms with E-state index in [4.69, 9.17) is 4.74 Å². The Hall–Kier alpha value is -1.63. The minimum absolute atomic E-state index is 0.146. The van der Waals surface area contributed by atoms with E-state index in [0.717, 1.165) is 33.3 Å². The monoisotopic (exact) mass is 327 g/mol. The van der Waals surface area contributed by atoms with Crippen molar-refractivity contribution in [2.75, 3.05) is 0 Å². The van der Waals surface area contributed by atoms with E-state index in [1.807, 2.05) is 77.9 Å². The van der Waals surface area contributed by atoms with Crippen LogP contribution in [0.15, 0.2) is 36.4 Å². The molecule has 0 saturated carbocycles. The highest BCUT2D eigenvalue weighted by molar-refractivity contribution is 7.49. The van der Waals surface area contributed by atoms with E-state index < -0.39 is 0 Å². The van der Waals surface area contributed by atoms with Crippen LogP contribution in [0.2, 0.25) is 0 Å². The van der Waals surface area contributed by atoms with Crippen molar-refractivity contribution in [1.82, 2.24) is 0 Å². The number of hydrogen-bond donors (Lipinski definition) is 0. The molecule has 0 N–H and O–H groups in total. The van der Waals surface area contributed by atoms with Crippen molar-refractivity contribution in [2.24, 2.45) is 0 Å². The molecule has 0 unspecified atom stereocenters. The van der Waals surface area contributed by atoms with Crippen LogP contribution in [0.5, 0.6) is 5.75 Å². The standard InChI is InChI=1S/C20H25O2P/c1-13-8-7-9-14(2)18(13)19(21)23-17-11-10-16(12-15(17)3)22-20(4,5)6/h7-12,21H,1-6H3/p-1. The van der Waals surface area contributed by atoms with Gasteiger partial charge in [0.1, 0.15) is 11.4 Å². The molecule has 0 heterocycles. The highest BCUT2D eigenvalue weighted by Gasteiger charge is 2.12. The molecule has 2 rings (SSSR count). The van der Waals surface area contributed by atoms with Gasteiger partial charge in [0.15, 0.2) is 0 Å². The molecule has 2 aromatic carbocycles. The van der Waals surface area contributed by atoms with Gasteiger partial charge in [0.05, 0.1) is 0 Å². The number of rotatable bonds is 3. The summed E-state index contributed by atoms with van der Waals surface area (Å²) in [5.74, 6) is 0.841. The lowest BCUT2D eigenvalue weighted by Gasteiger charge is -2.22. The molecule has 3 heteroatoms. The summed E-state index contributed by atoms with van der Waals surface area (Å²) in [5.41, 5.74) is 3.91. The first-order valence-electron chi connectivity index (χ1n) is 7.79. The molecule has 0 spiro atoms. The predicted molar refractivity (Wildman–Crippen MR) is 98.1 cm³/mol. The third kappa shape index (κ3) is 4.67. The molecule has 0 fully saturated rings. The Morgan fingerprint density at radius 2 is 1.57 bits per heavy atom. The lowest BCUT2D eigenvalue weighted by Crippen LogP contribution is -2.23.